The number of aromatic nitrogens is 4. The van der Waals surface area contributed by atoms with Crippen LogP contribution >= 0.6 is 0 Å². The summed E-state index contributed by atoms with van der Waals surface area (Å²) in [5.74, 6) is 2.12. The van der Waals surface area contributed by atoms with Crippen LogP contribution in [-0.2, 0) is 12.8 Å². The van der Waals surface area contributed by atoms with Crippen molar-refractivity contribution in [2.75, 3.05) is 18.0 Å². The van der Waals surface area contributed by atoms with Crippen LogP contribution in [0.25, 0.3) is 5.65 Å². The minimum Gasteiger partial charge on any atom is -0.355 e. The Bertz CT molecular complexity index is 583. The van der Waals surface area contributed by atoms with Gasteiger partial charge in [0.15, 0.2) is 17.3 Å². The van der Waals surface area contributed by atoms with Gasteiger partial charge in [0.25, 0.3) is 0 Å². The number of hydrogen-bond acceptors (Lipinski definition) is 4. The van der Waals surface area contributed by atoms with Gasteiger partial charge in [-0.1, -0.05) is 20.3 Å². The Hall–Kier alpha value is -1.65. The summed E-state index contributed by atoms with van der Waals surface area (Å²) in [5, 5.41) is 13.4. The number of fused-ring (bicyclic) bond motifs is 1. The molecule has 0 atom stereocenters. The van der Waals surface area contributed by atoms with Crippen LogP contribution in [0.15, 0.2) is 6.07 Å². The third kappa shape index (κ3) is 2.37. The largest absolute Gasteiger partial charge is 0.355 e. The van der Waals surface area contributed by atoms with Gasteiger partial charge in [-0.05, 0) is 31.7 Å². The zero-order valence-electron chi connectivity index (χ0n) is 12.5. The molecule has 1 aliphatic heterocycles. The Morgan fingerprint density at radius 3 is 2.50 bits per heavy atom. The standard InChI is InChI=1S/C15H23N5/c1-3-7-12-11-14-17-16-13(8-4-2)20(14)18-15(12)19-9-5-6-10-19/h11H,3-10H2,1-2H3. The minimum atomic E-state index is 0.889. The van der Waals surface area contributed by atoms with E-state index in [2.05, 4.69) is 35.0 Å². The molecular formula is C15H23N5. The normalized spacial score (nSPS) is 15.4. The third-order valence-corrected chi connectivity index (χ3v) is 3.91. The summed E-state index contributed by atoms with van der Waals surface area (Å²) in [4.78, 5) is 2.42. The van der Waals surface area contributed by atoms with Crippen LogP contribution in [-0.4, -0.2) is 32.9 Å². The molecule has 2 aromatic rings. The lowest BCUT2D eigenvalue weighted by atomic mass is 10.1. The smallest absolute Gasteiger partial charge is 0.178 e. The van der Waals surface area contributed by atoms with Crippen molar-refractivity contribution in [1.82, 2.24) is 19.8 Å². The Labute approximate surface area is 120 Å². The monoisotopic (exact) mass is 273 g/mol. The van der Waals surface area contributed by atoms with Crippen LogP contribution in [0.5, 0.6) is 0 Å². The number of aryl methyl sites for hydroxylation is 2. The van der Waals surface area contributed by atoms with E-state index < -0.39 is 0 Å². The molecule has 1 aliphatic rings. The molecule has 0 aliphatic carbocycles. The van der Waals surface area contributed by atoms with Crippen molar-refractivity contribution < 1.29 is 0 Å². The summed E-state index contributed by atoms with van der Waals surface area (Å²) in [6, 6.07) is 2.18. The maximum absolute atomic E-state index is 4.87. The lowest BCUT2D eigenvalue weighted by molar-refractivity contribution is 0.751. The molecule has 2 aromatic heterocycles. The number of hydrogen-bond donors (Lipinski definition) is 0. The van der Waals surface area contributed by atoms with Gasteiger partial charge in [0.1, 0.15) is 0 Å². The molecule has 3 heterocycles. The zero-order valence-corrected chi connectivity index (χ0v) is 12.5. The van der Waals surface area contributed by atoms with Crippen LogP contribution in [0.4, 0.5) is 5.82 Å². The second kappa shape index (κ2) is 5.77. The van der Waals surface area contributed by atoms with Gasteiger partial charge in [-0.25, -0.2) is 0 Å². The predicted octanol–water partition coefficient (Wildman–Crippen LogP) is 2.63. The lowest BCUT2D eigenvalue weighted by Crippen LogP contribution is -2.22. The van der Waals surface area contributed by atoms with Crippen molar-refractivity contribution in [1.29, 1.82) is 0 Å². The molecule has 0 radical (unpaired) electrons. The first-order chi connectivity index (χ1) is 9.83. The molecule has 0 spiro atoms. The molecule has 108 valence electrons. The fourth-order valence-corrected chi connectivity index (χ4v) is 2.93. The van der Waals surface area contributed by atoms with Crippen LogP contribution in [0.1, 0.15) is 50.9 Å². The van der Waals surface area contributed by atoms with Gasteiger partial charge in [0, 0.05) is 25.1 Å². The zero-order chi connectivity index (χ0) is 13.9. The van der Waals surface area contributed by atoms with Crippen LogP contribution in [0, 0.1) is 0 Å². The average Bonchev–Trinajstić information content (AvgIpc) is 3.09. The van der Waals surface area contributed by atoms with Gasteiger partial charge in [0.2, 0.25) is 0 Å². The van der Waals surface area contributed by atoms with Crippen molar-refractivity contribution in [3.05, 3.63) is 17.5 Å². The molecule has 0 aromatic carbocycles. The molecule has 1 fully saturated rings. The number of rotatable bonds is 5. The molecule has 3 rings (SSSR count). The van der Waals surface area contributed by atoms with Crippen molar-refractivity contribution >= 4 is 11.5 Å². The highest BCUT2D eigenvalue weighted by atomic mass is 15.4. The van der Waals surface area contributed by atoms with Gasteiger partial charge >= 0.3 is 0 Å². The van der Waals surface area contributed by atoms with E-state index in [0.717, 1.165) is 56.1 Å². The van der Waals surface area contributed by atoms with Gasteiger partial charge in [-0.3, -0.25) is 0 Å². The van der Waals surface area contributed by atoms with E-state index in [1.165, 1.54) is 18.4 Å². The highest BCUT2D eigenvalue weighted by molar-refractivity contribution is 5.53. The molecule has 20 heavy (non-hydrogen) atoms. The maximum atomic E-state index is 4.87. The summed E-state index contributed by atoms with van der Waals surface area (Å²) < 4.78 is 1.94. The molecule has 5 heteroatoms. The van der Waals surface area contributed by atoms with E-state index >= 15 is 0 Å². The fourth-order valence-electron chi connectivity index (χ4n) is 2.93. The SMILES string of the molecule is CCCc1cc2nnc(CCC)n2nc1N1CCCC1. The maximum Gasteiger partial charge on any atom is 0.178 e. The molecule has 0 unspecified atom stereocenters. The highest BCUT2D eigenvalue weighted by Crippen LogP contribution is 2.24. The van der Waals surface area contributed by atoms with Crippen LogP contribution in [0.2, 0.25) is 0 Å². The first-order valence-electron chi connectivity index (χ1n) is 7.82. The first kappa shape index (κ1) is 13.3. The van der Waals surface area contributed by atoms with E-state index in [1.54, 1.807) is 0 Å². The summed E-state index contributed by atoms with van der Waals surface area (Å²) in [5.41, 5.74) is 2.21. The van der Waals surface area contributed by atoms with Crippen molar-refractivity contribution in [2.45, 2.75) is 52.4 Å². The minimum absolute atomic E-state index is 0.889. The Morgan fingerprint density at radius 1 is 1.05 bits per heavy atom. The quantitative estimate of drug-likeness (QED) is 0.840. The van der Waals surface area contributed by atoms with E-state index in [9.17, 15) is 0 Å². The van der Waals surface area contributed by atoms with Gasteiger partial charge < -0.3 is 4.90 Å². The van der Waals surface area contributed by atoms with Gasteiger partial charge in [-0.15, -0.1) is 15.3 Å². The Balaban J connectivity index is 2.07. The summed E-state index contributed by atoms with van der Waals surface area (Å²) >= 11 is 0. The van der Waals surface area contributed by atoms with E-state index in [0.29, 0.717) is 0 Å². The molecule has 0 bridgehead atoms. The van der Waals surface area contributed by atoms with Crippen LogP contribution < -0.4 is 4.90 Å². The van der Waals surface area contributed by atoms with Crippen molar-refractivity contribution in [3.8, 4) is 0 Å². The summed E-state index contributed by atoms with van der Waals surface area (Å²) in [6.07, 6.45) is 6.74. The molecule has 0 saturated carbocycles. The Kier molecular flexibility index (Phi) is 3.85. The second-order valence-corrected chi connectivity index (χ2v) is 5.57. The second-order valence-electron chi connectivity index (χ2n) is 5.57. The average molecular weight is 273 g/mol. The van der Waals surface area contributed by atoms with E-state index in [-0.39, 0.29) is 0 Å². The summed E-state index contributed by atoms with van der Waals surface area (Å²) in [7, 11) is 0. The highest BCUT2D eigenvalue weighted by Gasteiger charge is 2.19. The number of anilines is 1. The fraction of sp³-hybridized carbons (Fsp3) is 0.667. The third-order valence-electron chi connectivity index (χ3n) is 3.91. The van der Waals surface area contributed by atoms with Gasteiger partial charge in [0.05, 0.1) is 0 Å². The topological polar surface area (TPSA) is 46.3 Å². The van der Waals surface area contributed by atoms with Gasteiger partial charge in [-0.2, -0.15) is 4.52 Å². The first-order valence-corrected chi connectivity index (χ1v) is 7.82. The molecule has 0 amide bonds. The van der Waals surface area contributed by atoms with E-state index in [4.69, 9.17) is 5.10 Å². The molecular weight excluding hydrogens is 250 g/mol. The van der Waals surface area contributed by atoms with Crippen molar-refractivity contribution in [2.24, 2.45) is 0 Å². The van der Waals surface area contributed by atoms with Crippen LogP contribution in [0.3, 0.4) is 0 Å². The molecule has 5 nitrogen and oxygen atoms in total. The number of nitrogens with zero attached hydrogens (tertiary/aromatic N) is 5. The molecule has 0 N–H and O–H groups in total. The lowest BCUT2D eigenvalue weighted by Gasteiger charge is -2.20. The van der Waals surface area contributed by atoms with Crippen molar-refractivity contribution in [3.63, 3.8) is 0 Å². The van der Waals surface area contributed by atoms with E-state index in [1.807, 2.05) is 4.52 Å². The predicted molar refractivity (Wildman–Crippen MR) is 80.2 cm³/mol. The Morgan fingerprint density at radius 2 is 1.80 bits per heavy atom. The molecule has 1 saturated heterocycles. The summed E-state index contributed by atoms with van der Waals surface area (Å²) in [6.45, 7) is 6.62.